The minimum absolute atomic E-state index is 0.0718. The van der Waals surface area contributed by atoms with E-state index in [9.17, 15) is 9.59 Å². The third-order valence-corrected chi connectivity index (χ3v) is 10.2. The molecule has 0 radical (unpaired) electrons. The van der Waals surface area contributed by atoms with Crippen LogP contribution in [0.2, 0.25) is 0 Å². The lowest BCUT2D eigenvalue weighted by molar-refractivity contribution is -0.148. The number of hydrogen-bond donors (Lipinski definition) is 0. The van der Waals surface area contributed by atoms with Crippen LogP contribution in [-0.2, 0) is 19.1 Å². The van der Waals surface area contributed by atoms with E-state index in [1.807, 2.05) is 0 Å². The Kier molecular flexibility index (Phi) is 6.31. The summed E-state index contributed by atoms with van der Waals surface area (Å²) in [5.74, 6) is 3.45. The first kappa shape index (κ1) is 22.9. The summed E-state index contributed by atoms with van der Waals surface area (Å²) >= 11 is 0. The molecule has 4 aliphatic carbocycles. The molecule has 0 aromatic rings. The smallest absolute Gasteiger partial charge is 0.305 e. The minimum Gasteiger partial charge on any atom is -0.469 e. The van der Waals surface area contributed by atoms with Gasteiger partial charge in [-0.1, -0.05) is 32.4 Å². The fraction of sp³-hybridized carbons (Fsp3) is 0.852. The van der Waals surface area contributed by atoms with Crippen molar-refractivity contribution in [3.8, 4) is 0 Å². The lowest BCUT2D eigenvalue weighted by atomic mass is 9.47. The molecule has 0 bridgehead atoms. The van der Waals surface area contributed by atoms with Gasteiger partial charge >= 0.3 is 11.9 Å². The minimum atomic E-state index is -0.144. The Morgan fingerprint density at radius 3 is 2.61 bits per heavy atom. The summed E-state index contributed by atoms with van der Waals surface area (Å²) in [6.07, 6.45) is 13.7. The van der Waals surface area contributed by atoms with Crippen molar-refractivity contribution >= 4 is 11.9 Å². The van der Waals surface area contributed by atoms with E-state index >= 15 is 0 Å². The van der Waals surface area contributed by atoms with E-state index < -0.39 is 0 Å². The van der Waals surface area contributed by atoms with E-state index in [2.05, 4.69) is 26.8 Å². The van der Waals surface area contributed by atoms with Gasteiger partial charge in [0.1, 0.15) is 6.10 Å². The molecule has 0 heterocycles. The Labute approximate surface area is 188 Å². The summed E-state index contributed by atoms with van der Waals surface area (Å²) < 4.78 is 10.5. The van der Waals surface area contributed by atoms with Crippen LogP contribution in [0.3, 0.4) is 0 Å². The number of hydrogen-bond acceptors (Lipinski definition) is 4. The van der Waals surface area contributed by atoms with Gasteiger partial charge in [-0.3, -0.25) is 9.59 Å². The molecule has 3 fully saturated rings. The average molecular weight is 431 g/mol. The molecule has 4 rings (SSSR count). The summed E-state index contributed by atoms with van der Waals surface area (Å²) in [6.45, 7) is 8.97. The SMILES string of the molecule is COC(=O)CCC(C)C1CCC2C3CC=C4CC(OC(C)=O)CCC4(C)C3CCC12C. The zero-order chi connectivity index (χ0) is 22.4. The van der Waals surface area contributed by atoms with Crippen LogP contribution in [0.5, 0.6) is 0 Å². The van der Waals surface area contributed by atoms with E-state index in [0.717, 1.165) is 49.4 Å². The van der Waals surface area contributed by atoms with Gasteiger partial charge in [0.05, 0.1) is 7.11 Å². The van der Waals surface area contributed by atoms with Crippen LogP contribution in [0.25, 0.3) is 0 Å². The number of fused-ring (bicyclic) bond motifs is 5. The maximum atomic E-state index is 11.7. The highest BCUT2D eigenvalue weighted by Gasteiger charge is 2.59. The fourth-order valence-electron chi connectivity index (χ4n) is 8.59. The van der Waals surface area contributed by atoms with Crippen molar-refractivity contribution in [1.29, 1.82) is 0 Å². The fourth-order valence-corrected chi connectivity index (χ4v) is 8.59. The number of rotatable bonds is 5. The van der Waals surface area contributed by atoms with Crippen molar-refractivity contribution in [2.45, 2.75) is 98.0 Å². The topological polar surface area (TPSA) is 52.6 Å². The van der Waals surface area contributed by atoms with Crippen LogP contribution < -0.4 is 0 Å². The monoisotopic (exact) mass is 430 g/mol. The van der Waals surface area contributed by atoms with Crippen molar-refractivity contribution in [3.63, 3.8) is 0 Å². The standard InChI is InChI=1S/C27H42O4/c1-17(6-11-25(29)30-5)22-9-10-23-21-8-7-19-16-20(31-18(2)28)12-14-26(19,3)24(21)13-15-27(22,23)4/h7,17,20-24H,6,8-16H2,1-5H3. The third-order valence-electron chi connectivity index (χ3n) is 10.2. The van der Waals surface area contributed by atoms with Gasteiger partial charge in [-0.25, -0.2) is 0 Å². The normalized spacial score (nSPS) is 42.5. The number of methoxy groups -OCH3 is 1. The van der Waals surface area contributed by atoms with Gasteiger partial charge in [0.2, 0.25) is 0 Å². The highest BCUT2D eigenvalue weighted by Crippen LogP contribution is 2.67. The second kappa shape index (κ2) is 8.56. The first-order valence-electron chi connectivity index (χ1n) is 12.6. The van der Waals surface area contributed by atoms with E-state index in [1.165, 1.54) is 46.1 Å². The zero-order valence-electron chi connectivity index (χ0n) is 20.2. The molecule has 0 saturated heterocycles. The Balaban J connectivity index is 1.48. The second-order valence-corrected chi connectivity index (χ2v) is 11.6. The molecule has 0 aromatic carbocycles. The number of esters is 2. The lowest BCUT2D eigenvalue weighted by Gasteiger charge is -2.58. The quantitative estimate of drug-likeness (QED) is 0.391. The van der Waals surface area contributed by atoms with Gasteiger partial charge < -0.3 is 9.47 Å². The van der Waals surface area contributed by atoms with Crippen molar-refractivity contribution < 1.29 is 19.1 Å². The molecule has 8 unspecified atom stereocenters. The molecule has 0 amide bonds. The molecule has 31 heavy (non-hydrogen) atoms. The third kappa shape index (κ3) is 3.97. The molecule has 0 aromatic heterocycles. The highest BCUT2D eigenvalue weighted by molar-refractivity contribution is 5.69. The van der Waals surface area contributed by atoms with Crippen LogP contribution in [0.1, 0.15) is 91.9 Å². The molecule has 8 atom stereocenters. The van der Waals surface area contributed by atoms with Gasteiger partial charge in [-0.15, -0.1) is 0 Å². The molecular weight excluding hydrogens is 388 g/mol. The van der Waals surface area contributed by atoms with E-state index in [0.29, 0.717) is 17.8 Å². The molecule has 4 heteroatoms. The van der Waals surface area contributed by atoms with Crippen LogP contribution >= 0.6 is 0 Å². The molecule has 0 N–H and O–H groups in total. The van der Waals surface area contributed by atoms with Gasteiger partial charge in [-0.2, -0.15) is 0 Å². The van der Waals surface area contributed by atoms with Gasteiger partial charge in [0.15, 0.2) is 0 Å². The summed E-state index contributed by atoms with van der Waals surface area (Å²) in [7, 11) is 1.49. The first-order valence-corrected chi connectivity index (χ1v) is 12.6. The van der Waals surface area contributed by atoms with Crippen molar-refractivity contribution in [2.24, 2.45) is 40.4 Å². The summed E-state index contributed by atoms with van der Waals surface area (Å²) in [5, 5.41) is 0. The highest BCUT2D eigenvalue weighted by atomic mass is 16.5. The van der Waals surface area contributed by atoms with Gasteiger partial charge in [-0.05, 0) is 91.8 Å². The van der Waals surface area contributed by atoms with Gasteiger partial charge in [0, 0.05) is 19.8 Å². The molecule has 4 aliphatic rings. The summed E-state index contributed by atoms with van der Waals surface area (Å²) in [6, 6.07) is 0. The number of ether oxygens (including phenoxy) is 2. The number of carbonyl (C=O) groups excluding carboxylic acids is 2. The Morgan fingerprint density at radius 1 is 1.13 bits per heavy atom. The van der Waals surface area contributed by atoms with Crippen molar-refractivity contribution in [3.05, 3.63) is 11.6 Å². The molecule has 3 saturated carbocycles. The summed E-state index contributed by atoms with van der Waals surface area (Å²) in [5.41, 5.74) is 2.26. The maximum Gasteiger partial charge on any atom is 0.305 e. The van der Waals surface area contributed by atoms with Crippen LogP contribution in [-0.4, -0.2) is 25.2 Å². The van der Waals surface area contributed by atoms with Crippen molar-refractivity contribution in [2.75, 3.05) is 7.11 Å². The van der Waals surface area contributed by atoms with E-state index in [1.54, 1.807) is 5.57 Å². The van der Waals surface area contributed by atoms with E-state index in [-0.39, 0.29) is 23.5 Å². The zero-order valence-corrected chi connectivity index (χ0v) is 20.2. The maximum absolute atomic E-state index is 11.7. The Bertz CT molecular complexity index is 742. The van der Waals surface area contributed by atoms with E-state index in [4.69, 9.17) is 9.47 Å². The largest absolute Gasteiger partial charge is 0.469 e. The average Bonchev–Trinajstić information content (AvgIpc) is 3.09. The molecule has 0 spiro atoms. The first-order chi connectivity index (χ1) is 14.7. The van der Waals surface area contributed by atoms with Gasteiger partial charge in [0.25, 0.3) is 0 Å². The molecule has 4 nitrogen and oxygen atoms in total. The Hall–Kier alpha value is -1.32. The predicted octanol–water partition coefficient (Wildman–Crippen LogP) is 6.09. The van der Waals surface area contributed by atoms with Crippen LogP contribution in [0.4, 0.5) is 0 Å². The van der Waals surface area contributed by atoms with Crippen LogP contribution in [0, 0.1) is 40.4 Å². The lowest BCUT2D eigenvalue weighted by Crippen LogP contribution is -2.51. The second-order valence-electron chi connectivity index (χ2n) is 11.6. The molecule has 174 valence electrons. The number of carbonyl (C=O) groups is 2. The summed E-state index contributed by atoms with van der Waals surface area (Å²) in [4.78, 5) is 23.1. The Morgan fingerprint density at radius 2 is 1.90 bits per heavy atom. The van der Waals surface area contributed by atoms with Crippen LogP contribution in [0.15, 0.2) is 11.6 Å². The molecular formula is C27H42O4. The number of allylic oxidation sites excluding steroid dienone is 1. The predicted molar refractivity (Wildman–Crippen MR) is 121 cm³/mol. The van der Waals surface area contributed by atoms with Crippen molar-refractivity contribution in [1.82, 2.24) is 0 Å². The molecule has 0 aliphatic heterocycles.